The Morgan fingerprint density at radius 3 is 2.65 bits per heavy atom. The average Bonchev–Trinajstić information content (AvgIpc) is 2.78. The summed E-state index contributed by atoms with van der Waals surface area (Å²) in [5, 5.41) is 0. The number of thiophene rings is 1. The lowest BCUT2D eigenvalue weighted by Crippen LogP contribution is -2.27. The van der Waals surface area contributed by atoms with Gasteiger partial charge < -0.3 is 4.74 Å². The van der Waals surface area contributed by atoms with Crippen LogP contribution in [0.5, 0.6) is 0 Å². The fourth-order valence-corrected chi connectivity index (χ4v) is 3.03. The maximum absolute atomic E-state index is 12.2. The molecule has 1 saturated heterocycles. The Morgan fingerprint density at radius 2 is 2.12 bits per heavy atom. The predicted molar refractivity (Wildman–Crippen MR) is 70.9 cm³/mol. The maximum atomic E-state index is 12.2. The Bertz CT molecular complexity index is 395. The van der Waals surface area contributed by atoms with Crippen molar-refractivity contribution in [1.82, 2.24) is 0 Å². The molecule has 1 aromatic rings. The van der Waals surface area contributed by atoms with Gasteiger partial charge in [-0.3, -0.25) is 4.79 Å². The van der Waals surface area contributed by atoms with Crippen LogP contribution in [0.25, 0.3) is 0 Å². The van der Waals surface area contributed by atoms with Crippen LogP contribution < -0.4 is 0 Å². The Balaban J connectivity index is 2.11. The third kappa shape index (κ3) is 2.96. The van der Waals surface area contributed by atoms with Crippen LogP contribution in [0.1, 0.15) is 54.6 Å². The van der Waals surface area contributed by atoms with Crippen LogP contribution in [0.3, 0.4) is 0 Å². The van der Waals surface area contributed by atoms with Gasteiger partial charge in [0.05, 0.1) is 4.88 Å². The molecule has 1 aromatic heterocycles. The van der Waals surface area contributed by atoms with E-state index in [2.05, 4.69) is 26.8 Å². The van der Waals surface area contributed by atoms with Crippen LogP contribution in [-0.2, 0) is 10.2 Å². The number of hydrogen-bond donors (Lipinski definition) is 0. The molecule has 0 aromatic carbocycles. The summed E-state index contributed by atoms with van der Waals surface area (Å²) >= 11 is 1.61. The second-order valence-electron chi connectivity index (χ2n) is 5.63. The van der Waals surface area contributed by atoms with Crippen LogP contribution in [0.15, 0.2) is 12.1 Å². The van der Waals surface area contributed by atoms with E-state index in [1.165, 1.54) is 4.88 Å². The van der Waals surface area contributed by atoms with Crippen LogP contribution in [-0.4, -0.2) is 18.5 Å². The van der Waals surface area contributed by atoms with E-state index in [-0.39, 0.29) is 17.3 Å². The number of carbonyl (C=O) groups excluding carboxylic acids is 1. The smallest absolute Gasteiger partial charge is 0.201 e. The Morgan fingerprint density at radius 1 is 1.35 bits per heavy atom. The lowest BCUT2D eigenvalue weighted by atomic mass is 9.95. The first-order valence-corrected chi connectivity index (χ1v) is 7.06. The van der Waals surface area contributed by atoms with Crippen molar-refractivity contribution < 1.29 is 9.53 Å². The Kier molecular flexibility index (Phi) is 3.69. The van der Waals surface area contributed by atoms with Crippen molar-refractivity contribution in [1.29, 1.82) is 0 Å². The molecular formula is C14H20O2S. The highest BCUT2D eigenvalue weighted by atomic mass is 32.1. The van der Waals surface area contributed by atoms with Gasteiger partial charge in [-0.25, -0.2) is 0 Å². The lowest BCUT2D eigenvalue weighted by Gasteiger charge is -2.20. The normalized spacial score (nSPS) is 21.5. The quantitative estimate of drug-likeness (QED) is 0.748. The summed E-state index contributed by atoms with van der Waals surface area (Å²) in [6, 6.07) is 4.02. The van der Waals surface area contributed by atoms with Gasteiger partial charge in [0.15, 0.2) is 0 Å². The molecular weight excluding hydrogens is 232 g/mol. The van der Waals surface area contributed by atoms with Crippen molar-refractivity contribution in [2.24, 2.45) is 0 Å². The molecule has 1 aliphatic rings. The van der Waals surface area contributed by atoms with Gasteiger partial charge in [-0.1, -0.05) is 20.8 Å². The number of carbonyl (C=O) groups is 1. The summed E-state index contributed by atoms with van der Waals surface area (Å²) in [6.45, 7) is 7.24. The predicted octanol–water partition coefficient (Wildman–Crippen LogP) is 3.80. The molecule has 94 valence electrons. The molecule has 0 radical (unpaired) electrons. The zero-order chi connectivity index (χ0) is 12.5. The monoisotopic (exact) mass is 252 g/mol. The summed E-state index contributed by atoms with van der Waals surface area (Å²) in [5.74, 6) is 0.171. The molecule has 2 nitrogen and oxygen atoms in total. The van der Waals surface area contributed by atoms with Gasteiger partial charge in [-0.05, 0) is 36.8 Å². The first-order chi connectivity index (χ1) is 7.98. The minimum atomic E-state index is -0.199. The minimum Gasteiger partial charge on any atom is -0.370 e. The Hall–Kier alpha value is -0.670. The second kappa shape index (κ2) is 4.91. The second-order valence-corrected chi connectivity index (χ2v) is 6.72. The summed E-state index contributed by atoms with van der Waals surface area (Å²) < 4.78 is 5.55. The molecule has 1 atom stereocenters. The van der Waals surface area contributed by atoms with Gasteiger partial charge in [-0.15, -0.1) is 11.3 Å². The molecule has 2 rings (SSSR count). The molecule has 0 saturated carbocycles. The summed E-state index contributed by atoms with van der Waals surface area (Å²) in [4.78, 5) is 14.3. The highest BCUT2D eigenvalue weighted by molar-refractivity contribution is 7.14. The number of ketones is 1. The first-order valence-electron chi connectivity index (χ1n) is 6.24. The van der Waals surface area contributed by atoms with E-state index >= 15 is 0 Å². The standard InChI is InChI=1S/C14H20O2S/c1-14(2,3)12-8-7-11(17-12)13(15)10-6-4-5-9-16-10/h7-8,10H,4-6,9H2,1-3H3. The van der Waals surface area contributed by atoms with E-state index in [1.807, 2.05) is 6.07 Å². The van der Waals surface area contributed by atoms with Gasteiger partial charge in [0, 0.05) is 11.5 Å². The molecule has 1 aliphatic heterocycles. The highest BCUT2D eigenvalue weighted by Gasteiger charge is 2.26. The van der Waals surface area contributed by atoms with Crippen LogP contribution >= 0.6 is 11.3 Å². The minimum absolute atomic E-state index is 0.122. The molecule has 0 N–H and O–H groups in total. The van der Waals surface area contributed by atoms with E-state index in [1.54, 1.807) is 11.3 Å². The van der Waals surface area contributed by atoms with Gasteiger partial charge in [0.2, 0.25) is 5.78 Å². The van der Waals surface area contributed by atoms with E-state index in [9.17, 15) is 4.79 Å². The van der Waals surface area contributed by atoms with Crippen molar-refractivity contribution >= 4 is 17.1 Å². The largest absolute Gasteiger partial charge is 0.370 e. The molecule has 1 unspecified atom stereocenters. The number of hydrogen-bond acceptors (Lipinski definition) is 3. The molecule has 17 heavy (non-hydrogen) atoms. The molecule has 3 heteroatoms. The van der Waals surface area contributed by atoms with Crippen LogP contribution in [0.4, 0.5) is 0 Å². The van der Waals surface area contributed by atoms with Gasteiger partial charge >= 0.3 is 0 Å². The molecule has 0 spiro atoms. The highest BCUT2D eigenvalue weighted by Crippen LogP contribution is 2.31. The summed E-state index contributed by atoms with van der Waals surface area (Å²) in [5.41, 5.74) is 0.122. The summed E-state index contributed by atoms with van der Waals surface area (Å²) in [7, 11) is 0. The van der Waals surface area contributed by atoms with Crippen LogP contribution in [0, 0.1) is 0 Å². The molecule has 2 heterocycles. The first kappa shape index (κ1) is 12.8. The fraction of sp³-hybridized carbons (Fsp3) is 0.643. The average molecular weight is 252 g/mol. The SMILES string of the molecule is CC(C)(C)c1ccc(C(=O)C2CCCCO2)s1. The van der Waals surface area contributed by atoms with E-state index < -0.39 is 0 Å². The van der Waals surface area contributed by atoms with E-state index in [0.29, 0.717) is 0 Å². The fourth-order valence-electron chi connectivity index (χ4n) is 1.98. The third-order valence-electron chi connectivity index (χ3n) is 3.06. The van der Waals surface area contributed by atoms with Gasteiger partial charge in [0.25, 0.3) is 0 Å². The third-order valence-corrected chi connectivity index (χ3v) is 4.59. The van der Waals surface area contributed by atoms with Crippen molar-refractivity contribution in [2.45, 2.75) is 51.6 Å². The van der Waals surface area contributed by atoms with Crippen molar-refractivity contribution in [2.75, 3.05) is 6.61 Å². The zero-order valence-electron chi connectivity index (χ0n) is 10.8. The maximum Gasteiger partial charge on any atom is 0.201 e. The van der Waals surface area contributed by atoms with Crippen molar-refractivity contribution in [3.05, 3.63) is 21.9 Å². The number of rotatable bonds is 2. The van der Waals surface area contributed by atoms with Gasteiger partial charge in [-0.2, -0.15) is 0 Å². The van der Waals surface area contributed by atoms with Crippen LogP contribution in [0.2, 0.25) is 0 Å². The topological polar surface area (TPSA) is 26.3 Å². The van der Waals surface area contributed by atoms with E-state index in [4.69, 9.17) is 4.74 Å². The number of ether oxygens (including phenoxy) is 1. The van der Waals surface area contributed by atoms with Crippen molar-refractivity contribution in [3.8, 4) is 0 Å². The molecule has 1 fully saturated rings. The van der Waals surface area contributed by atoms with E-state index in [0.717, 1.165) is 30.7 Å². The summed E-state index contributed by atoms with van der Waals surface area (Å²) in [6.07, 6.45) is 2.87. The Labute approximate surface area is 107 Å². The lowest BCUT2D eigenvalue weighted by molar-refractivity contribution is 0.0189. The molecule has 0 aliphatic carbocycles. The molecule has 0 amide bonds. The zero-order valence-corrected chi connectivity index (χ0v) is 11.6. The number of Topliss-reactive ketones (excluding diaryl/α,β-unsaturated/α-hetero) is 1. The van der Waals surface area contributed by atoms with Crippen molar-refractivity contribution in [3.63, 3.8) is 0 Å². The molecule has 0 bridgehead atoms. The van der Waals surface area contributed by atoms with Gasteiger partial charge in [0.1, 0.15) is 6.10 Å².